The van der Waals surface area contributed by atoms with Crippen LogP contribution in [0.4, 0.5) is 0 Å². The van der Waals surface area contributed by atoms with Crippen LogP contribution in [-0.4, -0.2) is 24.5 Å². The number of rotatable bonds is 6. The van der Waals surface area contributed by atoms with Gasteiger partial charge >= 0.3 is 11.6 Å². The third-order valence-electron chi connectivity index (χ3n) is 3.96. The molecule has 0 radical (unpaired) electrons. The Labute approximate surface area is 155 Å². The highest BCUT2D eigenvalue weighted by Gasteiger charge is 2.23. The van der Waals surface area contributed by atoms with Crippen LogP contribution in [0.1, 0.15) is 34.6 Å². The monoisotopic (exact) mass is 366 g/mol. The Morgan fingerprint density at radius 3 is 2.48 bits per heavy atom. The maximum absolute atomic E-state index is 12.5. The molecule has 0 saturated heterocycles. The quantitative estimate of drug-likeness (QED) is 0.376. The van der Waals surface area contributed by atoms with Crippen LogP contribution in [0.25, 0.3) is 11.0 Å². The van der Waals surface area contributed by atoms with Gasteiger partial charge in [-0.1, -0.05) is 18.2 Å². The number of hydrogen-bond acceptors (Lipinski definition) is 6. The third-order valence-corrected chi connectivity index (χ3v) is 3.96. The number of fused-ring (bicyclic) bond motifs is 1. The summed E-state index contributed by atoms with van der Waals surface area (Å²) in [6, 6.07) is 14.8. The molecule has 6 nitrogen and oxygen atoms in total. The fraction of sp³-hybridized carbons (Fsp3) is 0.190. The molecule has 3 aromatic rings. The molecule has 0 aliphatic carbocycles. The highest BCUT2D eigenvalue weighted by Crippen LogP contribution is 2.16. The van der Waals surface area contributed by atoms with E-state index in [1.807, 2.05) is 6.92 Å². The lowest BCUT2D eigenvalue weighted by molar-refractivity contribution is 0.0315. The zero-order valence-electron chi connectivity index (χ0n) is 14.9. The molecule has 0 bridgehead atoms. The van der Waals surface area contributed by atoms with E-state index in [-0.39, 0.29) is 11.3 Å². The molecule has 3 rings (SSSR count). The van der Waals surface area contributed by atoms with Crippen LogP contribution in [0.15, 0.2) is 63.8 Å². The van der Waals surface area contributed by atoms with Gasteiger partial charge in [0.25, 0.3) is 0 Å². The molecule has 1 aromatic heterocycles. The number of esters is 1. The molecule has 27 heavy (non-hydrogen) atoms. The van der Waals surface area contributed by atoms with Crippen molar-refractivity contribution in [3.8, 4) is 5.75 Å². The van der Waals surface area contributed by atoms with Gasteiger partial charge in [-0.15, -0.1) is 0 Å². The number of para-hydroxylation sites is 1. The van der Waals surface area contributed by atoms with Gasteiger partial charge in [0.05, 0.1) is 6.61 Å². The van der Waals surface area contributed by atoms with E-state index in [0.717, 1.165) is 0 Å². The van der Waals surface area contributed by atoms with Crippen LogP contribution in [0, 0.1) is 0 Å². The topological polar surface area (TPSA) is 82.8 Å². The first-order valence-electron chi connectivity index (χ1n) is 8.50. The van der Waals surface area contributed by atoms with Crippen LogP contribution in [0.5, 0.6) is 5.75 Å². The first kappa shape index (κ1) is 18.4. The lowest BCUT2D eigenvalue weighted by Crippen LogP contribution is -2.27. The standard InChI is InChI=1S/C21H18O6/c1-3-25-16-10-8-14(9-11-16)19(22)13(2)26-20(23)17-12-15-6-4-5-7-18(15)27-21(17)24/h4-13H,3H2,1-2H3/t13-/m1/s1. The number of carbonyl (C=O) groups is 2. The minimum Gasteiger partial charge on any atom is -0.494 e. The third kappa shape index (κ3) is 4.06. The van der Waals surface area contributed by atoms with Gasteiger partial charge in [-0.2, -0.15) is 0 Å². The second kappa shape index (κ2) is 7.86. The van der Waals surface area contributed by atoms with Gasteiger partial charge in [0, 0.05) is 10.9 Å². The smallest absolute Gasteiger partial charge is 0.351 e. The molecule has 1 atom stereocenters. The van der Waals surface area contributed by atoms with E-state index in [4.69, 9.17) is 13.9 Å². The summed E-state index contributed by atoms with van der Waals surface area (Å²) in [5.74, 6) is -0.634. The van der Waals surface area contributed by atoms with Crippen molar-refractivity contribution < 1.29 is 23.5 Å². The molecule has 0 N–H and O–H groups in total. The van der Waals surface area contributed by atoms with Crippen molar-refractivity contribution in [2.45, 2.75) is 20.0 Å². The van der Waals surface area contributed by atoms with Gasteiger partial charge in [0.1, 0.15) is 16.9 Å². The van der Waals surface area contributed by atoms with Crippen LogP contribution in [-0.2, 0) is 4.74 Å². The molecule has 0 aliphatic heterocycles. The fourth-order valence-corrected chi connectivity index (χ4v) is 2.60. The van der Waals surface area contributed by atoms with E-state index >= 15 is 0 Å². The molecule has 6 heteroatoms. The summed E-state index contributed by atoms with van der Waals surface area (Å²) >= 11 is 0. The predicted octanol–water partition coefficient (Wildman–Crippen LogP) is 3.62. The summed E-state index contributed by atoms with van der Waals surface area (Å²) in [6.07, 6.45) is -1.05. The second-order valence-corrected chi connectivity index (χ2v) is 5.85. The van der Waals surface area contributed by atoms with Crippen molar-refractivity contribution in [2.75, 3.05) is 6.61 Å². The molecular weight excluding hydrogens is 348 g/mol. The Kier molecular flexibility index (Phi) is 5.35. The lowest BCUT2D eigenvalue weighted by atomic mass is 10.1. The highest BCUT2D eigenvalue weighted by molar-refractivity contribution is 6.01. The minimum atomic E-state index is -1.05. The van der Waals surface area contributed by atoms with E-state index in [9.17, 15) is 14.4 Å². The number of ether oxygens (including phenoxy) is 2. The maximum Gasteiger partial charge on any atom is 0.351 e. The normalized spacial score (nSPS) is 11.8. The Morgan fingerprint density at radius 1 is 1.07 bits per heavy atom. The molecule has 0 aliphatic rings. The Morgan fingerprint density at radius 2 is 1.78 bits per heavy atom. The van der Waals surface area contributed by atoms with Crippen molar-refractivity contribution in [3.63, 3.8) is 0 Å². The van der Waals surface area contributed by atoms with Crippen molar-refractivity contribution in [3.05, 3.63) is 76.1 Å². The number of ketones is 1. The zero-order valence-corrected chi connectivity index (χ0v) is 14.9. The largest absolute Gasteiger partial charge is 0.494 e. The molecule has 0 saturated carbocycles. The first-order valence-corrected chi connectivity index (χ1v) is 8.50. The minimum absolute atomic E-state index is 0.250. The second-order valence-electron chi connectivity index (χ2n) is 5.85. The summed E-state index contributed by atoms with van der Waals surface area (Å²) < 4.78 is 15.6. The first-order chi connectivity index (χ1) is 13.0. The maximum atomic E-state index is 12.5. The van der Waals surface area contributed by atoms with E-state index < -0.39 is 17.7 Å². The van der Waals surface area contributed by atoms with Gasteiger partial charge in [0.2, 0.25) is 5.78 Å². The van der Waals surface area contributed by atoms with Crippen LogP contribution in [0.3, 0.4) is 0 Å². The van der Waals surface area contributed by atoms with Crippen molar-refractivity contribution in [1.29, 1.82) is 0 Å². The average Bonchev–Trinajstić information content (AvgIpc) is 2.67. The number of carbonyl (C=O) groups excluding carboxylic acids is 2. The Balaban J connectivity index is 1.76. The summed E-state index contributed by atoms with van der Waals surface area (Å²) in [7, 11) is 0. The van der Waals surface area contributed by atoms with Gasteiger partial charge in [-0.25, -0.2) is 9.59 Å². The van der Waals surface area contributed by atoms with E-state index in [2.05, 4.69) is 0 Å². The van der Waals surface area contributed by atoms with Crippen molar-refractivity contribution >= 4 is 22.7 Å². The van der Waals surface area contributed by atoms with Gasteiger partial charge in [-0.05, 0) is 50.2 Å². The van der Waals surface area contributed by atoms with E-state index in [0.29, 0.717) is 28.9 Å². The van der Waals surface area contributed by atoms with Crippen LogP contribution in [0.2, 0.25) is 0 Å². The average molecular weight is 366 g/mol. The summed E-state index contributed by atoms with van der Waals surface area (Å²) in [6.45, 7) is 3.85. The van der Waals surface area contributed by atoms with Crippen LogP contribution < -0.4 is 10.4 Å². The molecular formula is C21H18O6. The van der Waals surface area contributed by atoms with E-state index in [1.165, 1.54) is 13.0 Å². The Bertz CT molecular complexity index is 1030. The number of benzene rings is 2. The number of Topliss-reactive ketones (excluding diaryl/α,β-unsaturated/α-hetero) is 1. The molecule has 0 amide bonds. The zero-order chi connectivity index (χ0) is 19.4. The molecule has 1 heterocycles. The number of hydrogen-bond donors (Lipinski definition) is 0. The molecule has 0 spiro atoms. The molecule has 138 valence electrons. The predicted molar refractivity (Wildman–Crippen MR) is 99.3 cm³/mol. The fourth-order valence-electron chi connectivity index (χ4n) is 2.60. The lowest BCUT2D eigenvalue weighted by Gasteiger charge is -2.12. The van der Waals surface area contributed by atoms with Crippen LogP contribution >= 0.6 is 0 Å². The van der Waals surface area contributed by atoms with Gasteiger partial charge in [0.15, 0.2) is 6.10 Å². The van der Waals surface area contributed by atoms with Crippen molar-refractivity contribution in [2.24, 2.45) is 0 Å². The van der Waals surface area contributed by atoms with E-state index in [1.54, 1.807) is 48.5 Å². The SMILES string of the molecule is CCOc1ccc(C(=O)[C@@H](C)OC(=O)c2cc3ccccc3oc2=O)cc1. The summed E-state index contributed by atoms with van der Waals surface area (Å²) in [5.41, 5.74) is -0.304. The van der Waals surface area contributed by atoms with Crippen molar-refractivity contribution in [1.82, 2.24) is 0 Å². The molecule has 0 unspecified atom stereocenters. The van der Waals surface area contributed by atoms with Gasteiger partial charge < -0.3 is 13.9 Å². The highest BCUT2D eigenvalue weighted by atomic mass is 16.5. The summed E-state index contributed by atoms with van der Waals surface area (Å²) in [4.78, 5) is 36.8. The Hall–Kier alpha value is -3.41. The van der Waals surface area contributed by atoms with Gasteiger partial charge in [-0.3, -0.25) is 4.79 Å². The molecule has 2 aromatic carbocycles. The summed E-state index contributed by atoms with van der Waals surface area (Å²) in [5, 5.41) is 0.592. The molecule has 0 fully saturated rings.